The van der Waals surface area contributed by atoms with Gasteiger partial charge in [-0.05, 0) is 12.1 Å². The highest BCUT2D eigenvalue weighted by atomic mass is 31.2. The van der Waals surface area contributed by atoms with E-state index in [1.54, 1.807) is 12.1 Å². The van der Waals surface area contributed by atoms with Crippen molar-refractivity contribution in [3.8, 4) is 0 Å². The maximum atomic E-state index is 12.5. The fourth-order valence-corrected chi connectivity index (χ4v) is 4.53. The standard InChI is InChI=1S/C14H22N3O2P/c18-20(19,14-4-2-1-3-5-14)13-17-10-8-15-6-7-16(12-15)9-11-17/h1-5H,6-13H2,(H,18,19). The summed E-state index contributed by atoms with van der Waals surface area (Å²) in [5.74, 6) is 0. The quantitative estimate of drug-likeness (QED) is 0.820. The maximum absolute atomic E-state index is 12.5. The molecule has 6 heteroatoms. The molecule has 1 aromatic carbocycles. The Morgan fingerprint density at radius 1 is 0.950 bits per heavy atom. The minimum absolute atomic E-state index is 0.263. The smallest absolute Gasteiger partial charge is 0.243 e. The molecule has 3 rings (SSSR count). The third-order valence-corrected chi connectivity index (χ3v) is 6.04. The highest BCUT2D eigenvalue weighted by molar-refractivity contribution is 7.66. The van der Waals surface area contributed by atoms with Gasteiger partial charge in [-0.2, -0.15) is 0 Å². The van der Waals surface area contributed by atoms with Crippen LogP contribution in [0.25, 0.3) is 0 Å². The Hall–Kier alpha value is -0.710. The van der Waals surface area contributed by atoms with Crippen LogP contribution in [0.4, 0.5) is 0 Å². The molecule has 0 aliphatic carbocycles. The molecule has 0 aromatic heterocycles. The highest BCUT2D eigenvalue weighted by Gasteiger charge is 2.28. The van der Waals surface area contributed by atoms with E-state index in [1.165, 1.54) is 0 Å². The predicted molar refractivity (Wildman–Crippen MR) is 80.4 cm³/mol. The molecule has 1 aromatic rings. The molecule has 5 nitrogen and oxygen atoms in total. The number of fused-ring (bicyclic) bond motifs is 2. The van der Waals surface area contributed by atoms with Crippen LogP contribution in [-0.4, -0.2) is 71.8 Å². The van der Waals surface area contributed by atoms with E-state index in [-0.39, 0.29) is 6.29 Å². The van der Waals surface area contributed by atoms with Gasteiger partial charge in [0.1, 0.15) is 0 Å². The highest BCUT2D eigenvalue weighted by Crippen LogP contribution is 2.39. The molecule has 2 fully saturated rings. The maximum Gasteiger partial charge on any atom is 0.243 e. The second kappa shape index (κ2) is 5.96. The Kier molecular flexibility index (Phi) is 4.24. The minimum atomic E-state index is -3.28. The van der Waals surface area contributed by atoms with Gasteiger partial charge in [-0.1, -0.05) is 18.2 Å². The lowest BCUT2D eigenvalue weighted by molar-refractivity contribution is 0.161. The zero-order valence-corrected chi connectivity index (χ0v) is 12.6. The Bertz CT molecular complexity index is 482. The van der Waals surface area contributed by atoms with Gasteiger partial charge in [0.05, 0.1) is 13.0 Å². The fraction of sp³-hybridized carbons (Fsp3) is 0.571. The summed E-state index contributed by atoms with van der Waals surface area (Å²) in [5, 5.41) is 0.561. The average molecular weight is 295 g/mol. The van der Waals surface area contributed by atoms with Gasteiger partial charge >= 0.3 is 0 Å². The first-order chi connectivity index (χ1) is 9.63. The number of rotatable bonds is 3. The summed E-state index contributed by atoms with van der Waals surface area (Å²) in [5.41, 5.74) is 0. The van der Waals surface area contributed by atoms with Crippen LogP contribution in [0.5, 0.6) is 0 Å². The fourth-order valence-electron chi connectivity index (χ4n) is 2.90. The molecular weight excluding hydrogens is 273 g/mol. The first-order valence-electron chi connectivity index (χ1n) is 7.18. The zero-order valence-electron chi connectivity index (χ0n) is 11.7. The molecule has 20 heavy (non-hydrogen) atoms. The molecule has 2 aliphatic heterocycles. The Labute approximate surface area is 120 Å². The van der Waals surface area contributed by atoms with Gasteiger partial charge < -0.3 is 4.89 Å². The monoisotopic (exact) mass is 295 g/mol. The molecule has 0 radical (unpaired) electrons. The normalized spacial score (nSPS) is 30.4. The molecule has 2 aliphatic rings. The Morgan fingerprint density at radius 2 is 1.50 bits per heavy atom. The molecule has 2 bridgehead atoms. The first-order valence-corrected chi connectivity index (χ1v) is 9.02. The van der Waals surface area contributed by atoms with E-state index in [0.29, 0.717) is 5.30 Å². The van der Waals surface area contributed by atoms with Gasteiger partial charge in [-0.3, -0.25) is 19.3 Å². The lowest BCUT2D eigenvalue weighted by atomic mass is 10.4. The summed E-state index contributed by atoms with van der Waals surface area (Å²) < 4.78 is 12.5. The van der Waals surface area contributed by atoms with Gasteiger partial charge in [-0.25, -0.2) is 0 Å². The SMILES string of the molecule is O=P(O)(CN1CCN2CCN(CC1)C2)c1ccccc1. The lowest BCUT2D eigenvalue weighted by Gasteiger charge is -2.31. The van der Waals surface area contributed by atoms with Crippen molar-refractivity contribution in [2.45, 2.75) is 0 Å². The van der Waals surface area contributed by atoms with Crippen molar-refractivity contribution in [2.75, 3.05) is 52.2 Å². The molecule has 2 saturated heterocycles. The van der Waals surface area contributed by atoms with Crippen LogP contribution in [0.1, 0.15) is 0 Å². The third-order valence-electron chi connectivity index (χ3n) is 4.15. The number of hydrogen-bond donors (Lipinski definition) is 1. The van der Waals surface area contributed by atoms with E-state index < -0.39 is 7.37 Å². The number of nitrogens with zero attached hydrogens (tertiary/aromatic N) is 3. The third kappa shape index (κ3) is 3.30. The van der Waals surface area contributed by atoms with Gasteiger partial charge in [0, 0.05) is 44.6 Å². The number of benzene rings is 1. The summed E-state index contributed by atoms with van der Waals surface area (Å²) in [6.45, 7) is 7.06. The summed E-state index contributed by atoms with van der Waals surface area (Å²) in [6.07, 6.45) is 0.263. The molecule has 1 N–H and O–H groups in total. The van der Waals surface area contributed by atoms with Crippen LogP contribution >= 0.6 is 7.37 Å². The topological polar surface area (TPSA) is 47.0 Å². The molecule has 0 saturated carbocycles. The van der Waals surface area contributed by atoms with E-state index in [4.69, 9.17) is 0 Å². The van der Waals surface area contributed by atoms with Crippen LogP contribution < -0.4 is 5.30 Å². The van der Waals surface area contributed by atoms with Crippen molar-refractivity contribution in [1.29, 1.82) is 0 Å². The Balaban J connectivity index is 1.66. The zero-order chi connectivity index (χ0) is 14.0. The van der Waals surface area contributed by atoms with Crippen molar-refractivity contribution in [3.63, 3.8) is 0 Å². The number of hydrogen-bond acceptors (Lipinski definition) is 4. The van der Waals surface area contributed by atoms with Crippen molar-refractivity contribution < 1.29 is 9.46 Å². The van der Waals surface area contributed by atoms with Gasteiger partial charge in [0.15, 0.2) is 0 Å². The summed E-state index contributed by atoms with van der Waals surface area (Å²) in [6, 6.07) is 9.02. The minimum Gasteiger partial charge on any atom is -0.340 e. The van der Waals surface area contributed by atoms with Crippen molar-refractivity contribution in [2.24, 2.45) is 0 Å². The molecule has 0 spiro atoms. The van der Waals surface area contributed by atoms with Crippen LogP contribution in [0.3, 0.4) is 0 Å². The largest absolute Gasteiger partial charge is 0.340 e. The Morgan fingerprint density at radius 3 is 2.10 bits per heavy atom. The van der Waals surface area contributed by atoms with Gasteiger partial charge in [0.25, 0.3) is 0 Å². The van der Waals surface area contributed by atoms with Crippen molar-refractivity contribution in [1.82, 2.24) is 14.7 Å². The van der Waals surface area contributed by atoms with Crippen LogP contribution in [0.2, 0.25) is 0 Å². The van der Waals surface area contributed by atoms with E-state index >= 15 is 0 Å². The summed E-state index contributed by atoms with van der Waals surface area (Å²) in [4.78, 5) is 17.3. The average Bonchev–Trinajstić information content (AvgIpc) is 2.91. The van der Waals surface area contributed by atoms with E-state index in [2.05, 4.69) is 14.7 Å². The van der Waals surface area contributed by atoms with Crippen LogP contribution in [0.15, 0.2) is 30.3 Å². The predicted octanol–water partition coefficient (Wildman–Crippen LogP) is 0.431. The first kappa shape index (κ1) is 14.2. The molecular formula is C14H22N3O2P. The van der Waals surface area contributed by atoms with E-state index in [0.717, 1.165) is 45.9 Å². The molecule has 0 amide bonds. The molecule has 110 valence electrons. The second-order valence-electron chi connectivity index (χ2n) is 5.67. The van der Waals surface area contributed by atoms with Crippen LogP contribution in [0, 0.1) is 0 Å². The summed E-state index contributed by atoms with van der Waals surface area (Å²) in [7, 11) is -3.28. The van der Waals surface area contributed by atoms with Gasteiger partial charge in [0.2, 0.25) is 7.37 Å². The molecule has 3 atom stereocenters. The van der Waals surface area contributed by atoms with E-state index in [1.807, 2.05) is 18.2 Å². The molecule has 3 unspecified atom stereocenters. The lowest BCUT2D eigenvalue weighted by Crippen LogP contribution is -2.43. The van der Waals surface area contributed by atoms with Crippen molar-refractivity contribution >= 4 is 12.7 Å². The van der Waals surface area contributed by atoms with Crippen molar-refractivity contribution in [3.05, 3.63) is 30.3 Å². The second-order valence-corrected chi connectivity index (χ2v) is 7.88. The summed E-state index contributed by atoms with van der Waals surface area (Å²) >= 11 is 0. The van der Waals surface area contributed by atoms with Crippen LogP contribution in [-0.2, 0) is 4.57 Å². The van der Waals surface area contributed by atoms with E-state index in [9.17, 15) is 9.46 Å². The molecule has 2 heterocycles. The van der Waals surface area contributed by atoms with Gasteiger partial charge in [-0.15, -0.1) is 0 Å².